The molecule has 0 radical (unpaired) electrons. The Kier molecular flexibility index (Phi) is 2.85. The van der Waals surface area contributed by atoms with Crippen molar-refractivity contribution in [2.24, 2.45) is 5.92 Å². The van der Waals surface area contributed by atoms with Crippen LogP contribution in [0, 0.1) is 5.92 Å². The molecule has 1 aromatic rings. The van der Waals surface area contributed by atoms with Gasteiger partial charge in [-0.05, 0) is 43.7 Å². The lowest BCUT2D eigenvalue weighted by Crippen LogP contribution is -2.39. The van der Waals surface area contributed by atoms with Gasteiger partial charge in [0.25, 0.3) is 0 Å². The molecule has 1 unspecified atom stereocenters. The lowest BCUT2D eigenvalue weighted by atomic mass is 9.76. The third kappa shape index (κ3) is 2.08. The van der Waals surface area contributed by atoms with Crippen molar-refractivity contribution in [1.82, 2.24) is 0 Å². The first kappa shape index (κ1) is 10.7. The molecule has 0 aliphatic heterocycles. The molecule has 0 spiro atoms. The summed E-state index contributed by atoms with van der Waals surface area (Å²) in [5.41, 5.74) is -0.996. The topological polar surface area (TPSA) is 53.6 Å². The number of aliphatic hydroxyl groups excluding tert-OH is 1. The van der Waals surface area contributed by atoms with E-state index < -0.39 is 11.7 Å². The Balaban J connectivity index is 2.09. The lowest BCUT2D eigenvalue weighted by molar-refractivity contribution is -0.112. The molecule has 3 nitrogen and oxygen atoms in total. The second-order valence-corrected chi connectivity index (χ2v) is 4.70. The van der Waals surface area contributed by atoms with Gasteiger partial charge in [0.15, 0.2) is 0 Å². The van der Waals surface area contributed by atoms with Gasteiger partial charge in [-0.2, -0.15) is 0 Å². The van der Waals surface area contributed by atoms with E-state index in [1.165, 1.54) is 6.26 Å². The Morgan fingerprint density at radius 1 is 1.47 bits per heavy atom. The van der Waals surface area contributed by atoms with Crippen molar-refractivity contribution >= 4 is 0 Å². The van der Waals surface area contributed by atoms with Crippen LogP contribution in [0.1, 0.15) is 44.5 Å². The standard InChI is InChI=1S/C12H18O3/c1-9-4-6-12(14,7-5-9)11(13)10-3-2-8-15-10/h2-3,8-9,11,13-14H,4-7H2,1H3. The SMILES string of the molecule is CC1CCC(O)(C(O)c2ccco2)CC1. The van der Waals surface area contributed by atoms with Gasteiger partial charge in [0.1, 0.15) is 11.9 Å². The van der Waals surface area contributed by atoms with E-state index in [-0.39, 0.29) is 0 Å². The molecule has 0 amide bonds. The average molecular weight is 210 g/mol. The van der Waals surface area contributed by atoms with Crippen LogP contribution in [0.3, 0.4) is 0 Å². The van der Waals surface area contributed by atoms with Gasteiger partial charge in [0.2, 0.25) is 0 Å². The minimum atomic E-state index is -0.996. The third-order valence-electron chi connectivity index (χ3n) is 3.46. The zero-order valence-corrected chi connectivity index (χ0v) is 9.02. The van der Waals surface area contributed by atoms with E-state index in [4.69, 9.17) is 4.42 Å². The van der Waals surface area contributed by atoms with Crippen molar-refractivity contribution in [1.29, 1.82) is 0 Å². The number of furan rings is 1. The van der Waals surface area contributed by atoms with Gasteiger partial charge in [0, 0.05) is 0 Å². The van der Waals surface area contributed by atoms with Crippen LogP contribution in [0.5, 0.6) is 0 Å². The zero-order valence-electron chi connectivity index (χ0n) is 9.02. The summed E-state index contributed by atoms with van der Waals surface area (Å²) < 4.78 is 5.13. The van der Waals surface area contributed by atoms with Crippen LogP contribution >= 0.6 is 0 Å². The Bertz CT molecular complexity index is 297. The summed E-state index contributed by atoms with van der Waals surface area (Å²) in [5.74, 6) is 1.11. The highest BCUT2D eigenvalue weighted by atomic mass is 16.4. The molecule has 1 aliphatic rings. The Morgan fingerprint density at radius 2 is 2.13 bits per heavy atom. The number of hydrogen-bond acceptors (Lipinski definition) is 3. The summed E-state index contributed by atoms with van der Waals surface area (Å²) in [6, 6.07) is 3.44. The van der Waals surface area contributed by atoms with Gasteiger partial charge >= 0.3 is 0 Å². The van der Waals surface area contributed by atoms with E-state index in [0.29, 0.717) is 24.5 Å². The molecule has 0 aromatic carbocycles. The van der Waals surface area contributed by atoms with Crippen molar-refractivity contribution in [3.05, 3.63) is 24.2 Å². The molecular formula is C12H18O3. The molecule has 2 N–H and O–H groups in total. The lowest BCUT2D eigenvalue weighted by Gasteiger charge is -2.37. The van der Waals surface area contributed by atoms with Crippen LogP contribution in [-0.4, -0.2) is 15.8 Å². The monoisotopic (exact) mass is 210 g/mol. The second-order valence-electron chi connectivity index (χ2n) is 4.70. The largest absolute Gasteiger partial charge is 0.466 e. The van der Waals surface area contributed by atoms with Gasteiger partial charge in [-0.1, -0.05) is 6.92 Å². The highest BCUT2D eigenvalue weighted by Crippen LogP contribution is 2.40. The Morgan fingerprint density at radius 3 is 2.67 bits per heavy atom. The van der Waals surface area contributed by atoms with Crippen molar-refractivity contribution < 1.29 is 14.6 Å². The molecule has 1 fully saturated rings. The number of hydrogen-bond donors (Lipinski definition) is 2. The summed E-state index contributed by atoms with van der Waals surface area (Å²) in [5, 5.41) is 20.4. The van der Waals surface area contributed by atoms with E-state index in [9.17, 15) is 10.2 Å². The third-order valence-corrected chi connectivity index (χ3v) is 3.46. The fourth-order valence-corrected chi connectivity index (χ4v) is 2.25. The summed E-state index contributed by atoms with van der Waals surface area (Å²) in [4.78, 5) is 0. The molecule has 3 heteroatoms. The fraction of sp³-hybridized carbons (Fsp3) is 0.667. The molecule has 84 valence electrons. The van der Waals surface area contributed by atoms with Crippen molar-refractivity contribution in [2.45, 2.75) is 44.3 Å². The van der Waals surface area contributed by atoms with E-state index in [1.807, 2.05) is 0 Å². The summed E-state index contributed by atoms with van der Waals surface area (Å²) >= 11 is 0. The maximum Gasteiger partial charge on any atom is 0.140 e. The maximum atomic E-state index is 10.3. The highest BCUT2D eigenvalue weighted by Gasteiger charge is 2.40. The fourth-order valence-electron chi connectivity index (χ4n) is 2.25. The predicted octanol–water partition coefficient (Wildman–Crippen LogP) is 2.25. The molecule has 1 aromatic heterocycles. The first-order chi connectivity index (χ1) is 7.12. The van der Waals surface area contributed by atoms with Crippen molar-refractivity contribution in [3.63, 3.8) is 0 Å². The van der Waals surface area contributed by atoms with Gasteiger partial charge in [-0.15, -0.1) is 0 Å². The molecule has 1 atom stereocenters. The smallest absolute Gasteiger partial charge is 0.140 e. The summed E-state index contributed by atoms with van der Waals surface area (Å²) in [6.07, 6.45) is 3.86. The van der Waals surface area contributed by atoms with E-state index >= 15 is 0 Å². The highest BCUT2D eigenvalue weighted by molar-refractivity contribution is 5.08. The predicted molar refractivity (Wildman–Crippen MR) is 56.2 cm³/mol. The average Bonchev–Trinajstić information content (AvgIpc) is 2.75. The maximum absolute atomic E-state index is 10.3. The zero-order chi connectivity index (χ0) is 10.9. The number of aliphatic hydroxyl groups is 2. The van der Waals surface area contributed by atoms with Crippen molar-refractivity contribution in [3.8, 4) is 0 Å². The first-order valence-corrected chi connectivity index (χ1v) is 5.56. The van der Waals surface area contributed by atoms with Gasteiger partial charge in [0.05, 0.1) is 11.9 Å². The van der Waals surface area contributed by atoms with Crippen LogP contribution in [0.4, 0.5) is 0 Å². The normalized spacial score (nSPS) is 33.9. The van der Waals surface area contributed by atoms with E-state index in [0.717, 1.165) is 12.8 Å². The van der Waals surface area contributed by atoms with Crippen LogP contribution < -0.4 is 0 Å². The summed E-state index contributed by atoms with van der Waals surface area (Å²) in [7, 11) is 0. The molecule has 1 aliphatic carbocycles. The van der Waals surface area contributed by atoms with Gasteiger partial charge in [-0.25, -0.2) is 0 Å². The molecular weight excluding hydrogens is 192 g/mol. The molecule has 1 heterocycles. The molecule has 0 bridgehead atoms. The molecule has 15 heavy (non-hydrogen) atoms. The van der Waals surface area contributed by atoms with Crippen LogP contribution in [0.15, 0.2) is 22.8 Å². The quantitative estimate of drug-likeness (QED) is 0.787. The van der Waals surface area contributed by atoms with Gasteiger partial charge in [-0.3, -0.25) is 0 Å². The van der Waals surface area contributed by atoms with E-state index in [1.54, 1.807) is 12.1 Å². The second kappa shape index (κ2) is 3.99. The number of rotatable bonds is 2. The van der Waals surface area contributed by atoms with Crippen LogP contribution in [0.2, 0.25) is 0 Å². The van der Waals surface area contributed by atoms with Crippen molar-refractivity contribution in [2.75, 3.05) is 0 Å². The van der Waals surface area contributed by atoms with Crippen LogP contribution in [0.25, 0.3) is 0 Å². The Hall–Kier alpha value is -0.800. The minimum Gasteiger partial charge on any atom is -0.466 e. The van der Waals surface area contributed by atoms with Gasteiger partial charge < -0.3 is 14.6 Å². The Labute approximate surface area is 89.7 Å². The van der Waals surface area contributed by atoms with Crippen LogP contribution in [-0.2, 0) is 0 Å². The first-order valence-electron chi connectivity index (χ1n) is 5.56. The summed E-state index contributed by atoms with van der Waals surface area (Å²) in [6.45, 7) is 2.18. The van der Waals surface area contributed by atoms with E-state index in [2.05, 4.69) is 6.92 Å². The molecule has 0 saturated heterocycles. The molecule has 2 rings (SSSR count). The minimum absolute atomic E-state index is 0.465. The molecule has 1 saturated carbocycles.